The molecule has 2 aromatic carbocycles. The summed E-state index contributed by atoms with van der Waals surface area (Å²) in [6.45, 7) is 1.00. The monoisotopic (exact) mass is 506 g/mol. The third-order valence-corrected chi connectivity index (χ3v) is 6.29. The maximum absolute atomic E-state index is 13.5. The fourth-order valence-electron chi connectivity index (χ4n) is 4.12. The molecule has 1 aliphatic rings. The molecule has 4 aromatic rings. The van der Waals surface area contributed by atoms with Gasteiger partial charge in [0, 0.05) is 43.3 Å². The first kappa shape index (κ1) is 23.8. The first-order valence-electron chi connectivity index (χ1n) is 11.4. The van der Waals surface area contributed by atoms with Crippen molar-refractivity contribution in [1.29, 1.82) is 0 Å². The lowest BCUT2D eigenvalue weighted by Gasteiger charge is -2.32. The molecule has 36 heavy (non-hydrogen) atoms. The van der Waals surface area contributed by atoms with Crippen LogP contribution in [0.2, 0.25) is 5.15 Å². The van der Waals surface area contributed by atoms with Crippen molar-refractivity contribution in [3.8, 4) is 28.4 Å². The minimum atomic E-state index is -0.365. The number of rotatable bonds is 5. The van der Waals surface area contributed by atoms with E-state index < -0.39 is 0 Å². The molecular weight excluding hydrogens is 486 g/mol. The van der Waals surface area contributed by atoms with Crippen molar-refractivity contribution in [3.05, 3.63) is 95.4 Å². The van der Waals surface area contributed by atoms with Gasteiger partial charge in [0.15, 0.2) is 0 Å². The highest BCUT2D eigenvalue weighted by Gasteiger charge is 2.26. The van der Waals surface area contributed by atoms with Crippen LogP contribution in [0.15, 0.2) is 73.1 Å². The van der Waals surface area contributed by atoms with Gasteiger partial charge in [-0.15, -0.1) is 0 Å². The Hall–Kier alpha value is -3.91. The highest BCUT2D eigenvalue weighted by molar-refractivity contribution is 6.32. The van der Waals surface area contributed by atoms with Crippen LogP contribution in [0.3, 0.4) is 0 Å². The summed E-state index contributed by atoms with van der Waals surface area (Å²) in [6, 6.07) is 15.2. The van der Waals surface area contributed by atoms with Gasteiger partial charge in [-0.05, 0) is 60.7 Å². The van der Waals surface area contributed by atoms with Crippen LogP contribution in [0.25, 0.3) is 22.5 Å². The zero-order valence-electron chi connectivity index (χ0n) is 19.1. The lowest BCUT2D eigenvalue weighted by molar-refractivity contribution is 0.0587. The van der Waals surface area contributed by atoms with Crippen molar-refractivity contribution in [2.75, 3.05) is 13.1 Å². The van der Waals surface area contributed by atoms with E-state index >= 15 is 0 Å². The second-order valence-corrected chi connectivity index (χ2v) is 8.73. The third-order valence-electron chi connectivity index (χ3n) is 5.99. The van der Waals surface area contributed by atoms with Crippen molar-refractivity contribution in [1.82, 2.24) is 19.9 Å². The van der Waals surface area contributed by atoms with Gasteiger partial charge in [0.2, 0.25) is 5.88 Å². The first-order chi connectivity index (χ1) is 17.5. The number of hydrogen-bond acceptors (Lipinski definition) is 5. The van der Waals surface area contributed by atoms with Crippen LogP contribution in [0.5, 0.6) is 5.88 Å². The molecule has 0 atom stereocenters. The molecule has 0 bridgehead atoms. The summed E-state index contributed by atoms with van der Waals surface area (Å²) in [6.07, 6.45) is 4.12. The van der Waals surface area contributed by atoms with E-state index in [0.717, 1.165) is 0 Å². The van der Waals surface area contributed by atoms with Gasteiger partial charge in [0.25, 0.3) is 5.91 Å². The molecule has 0 radical (unpaired) electrons. The number of piperidine rings is 1. The van der Waals surface area contributed by atoms with Crippen LogP contribution in [-0.4, -0.2) is 45.0 Å². The Balaban J connectivity index is 1.34. The molecule has 182 valence electrons. The molecule has 9 heteroatoms. The lowest BCUT2D eigenvalue weighted by atomic mass is 10.0. The summed E-state index contributed by atoms with van der Waals surface area (Å²) in [5, 5.41) is 0.186. The van der Waals surface area contributed by atoms with Gasteiger partial charge in [-0.25, -0.2) is 23.7 Å². The Kier molecular flexibility index (Phi) is 6.86. The molecule has 0 aliphatic carbocycles. The molecule has 6 nitrogen and oxygen atoms in total. The summed E-state index contributed by atoms with van der Waals surface area (Å²) in [7, 11) is 0. The van der Waals surface area contributed by atoms with Gasteiger partial charge in [-0.1, -0.05) is 11.6 Å². The van der Waals surface area contributed by atoms with E-state index in [4.69, 9.17) is 16.3 Å². The Labute approximate surface area is 211 Å². The molecule has 2 aromatic heterocycles. The Bertz CT molecular complexity index is 1380. The number of nitrogens with zero attached hydrogens (tertiary/aromatic N) is 4. The fourth-order valence-corrected chi connectivity index (χ4v) is 4.32. The molecule has 1 amide bonds. The van der Waals surface area contributed by atoms with Gasteiger partial charge in [0.05, 0.1) is 17.5 Å². The van der Waals surface area contributed by atoms with E-state index in [9.17, 15) is 13.6 Å². The fraction of sp³-hybridized carbons (Fsp3) is 0.185. The smallest absolute Gasteiger partial charge is 0.256 e. The van der Waals surface area contributed by atoms with Gasteiger partial charge >= 0.3 is 0 Å². The van der Waals surface area contributed by atoms with Crippen LogP contribution in [0, 0.1) is 11.6 Å². The Morgan fingerprint density at radius 3 is 2.11 bits per heavy atom. The molecule has 1 saturated heterocycles. The normalized spacial score (nSPS) is 14.0. The van der Waals surface area contributed by atoms with Gasteiger partial charge < -0.3 is 9.64 Å². The van der Waals surface area contributed by atoms with Gasteiger partial charge in [-0.2, -0.15) is 0 Å². The SMILES string of the molecule is O=C(c1cccnc1Cl)N1CCC(Oc2cnc(-c3ccc(F)cc3)c(-c3ccc(F)cc3)n2)CC1. The quantitative estimate of drug-likeness (QED) is 0.319. The van der Waals surface area contributed by atoms with Gasteiger partial charge in [-0.3, -0.25) is 4.79 Å². The largest absolute Gasteiger partial charge is 0.473 e. The van der Waals surface area contributed by atoms with Crippen LogP contribution < -0.4 is 4.74 Å². The number of hydrogen-bond donors (Lipinski definition) is 0. The van der Waals surface area contributed by atoms with E-state index in [2.05, 4.69) is 15.0 Å². The lowest BCUT2D eigenvalue weighted by Crippen LogP contribution is -2.42. The maximum Gasteiger partial charge on any atom is 0.256 e. The van der Waals surface area contributed by atoms with Gasteiger partial charge in [0.1, 0.15) is 28.6 Å². The number of carbonyl (C=O) groups is 1. The minimum absolute atomic E-state index is 0.159. The topological polar surface area (TPSA) is 68.2 Å². The van der Waals surface area contributed by atoms with Crippen LogP contribution in [0.4, 0.5) is 8.78 Å². The molecule has 0 unspecified atom stereocenters. The number of pyridine rings is 1. The highest BCUT2D eigenvalue weighted by atomic mass is 35.5. The standard InChI is InChI=1S/C27H21ClF2N4O2/c28-26-22(2-1-13-31-26)27(35)34-14-11-21(12-15-34)36-23-16-32-24(17-3-7-19(29)8-4-17)25(33-23)18-5-9-20(30)10-6-18/h1-10,13,16,21H,11-12,14-15H2. The summed E-state index contributed by atoms with van der Waals surface area (Å²) < 4.78 is 33.1. The number of halogens is 3. The van der Waals surface area contributed by atoms with E-state index in [1.807, 2.05) is 0 Å². The van der Waals surface area contributed by atoms with Crippen molar-refractivity contribution >= 4 is 17.5 Å². The molecule has 1 fully saturated rings. The third kappa shape index (κ3) is 5.18. The summed E-state index contributed by atoms with van der Waals surface area (Å²) in [4.78, 5) is 27.7. The van der Waals surface area contributed by atoms with Crippen molar-refractivity contribution in [2.45, 2.75) is 18.9 Å². The number of benzene rings is 2. The molecule has 3 heterocycles. The van der Waals surface area contributed by atoms with Crippen molar-refractivity contribution < 1.29 is 18.3 Å². The molecular formula is C27H21ClF2N4O2. The number of amides is 1. The number of carbonyl (C=O) groups excluding carboxylic acids is 1. The minimum Gasteiger partial charge on any atom is -0.473 e. The predicted molar refractivity (Wildman–Crippen MR) is 132 cm³/mol. The number of likely N-dealkylation sites (tertiary alicyclic amines) is 1. The molecule has 0 spiro atoms. The van der Waals surface area contributed by atoms with E-state index in [1.54, 1.807) is 47.5 Å². The Morgan fingerprint density at radius 2 is 1.50 bits per heavy atom. The van der Waals surface area contributed by atoms with E-state index in [-0.39, 0.29) is 28.8 Å². The maximum atomic E-state index is 13.5. The predicted octanol–water partition coefficient (Wildman–Crippen LogP) is 5.82. The molecule has 0 saturated carbocycles. The second-order valence-electron chi connectivity index (χ2n) is 8.37. The zero-order valence-corrected chi connectivity index (χ0v) is 19.8. The second kappa shape index (κ2) is 10.4. The zero-order chi connectivity index (χ0) is 25.1. The number of ether oxygens (including phenoxy) is 1. The number of aromatic nitrogens is 3. The molecule has 0 N–H and O–H groups in total. The van der Waals surface area contributed by atoms with E-state index in [1.165, 1.54) is 30.5 Å². The van der Waals surface area contributed by atoms with Crippen molar-refractivity contribution in [3.63, 3.8) is 0 Å². The molecule has 1 aliphatic heterocycles. The summed E-state index contributed by atoms with van der Waals surface area (Å²) in [5.74, 6) is -0.559. The Morgan fingerprint density at radius 1 is 0.889 bits per heavy atom. The van der Waals surface area contributed by atoms with Crippen LogP contribution >= 0.6 is 11.6 Å². The average Bonchev–Trinajstić information content (AvgIpc) is 2.90. The van der Waals surface area contributed by atoms with Crippen molar-refractivity contribution in [2.24, 2.45) is 0 Å². The average molecular weight is 507 g/mol. The first-order valence-corrected chi connectivity index (χ1v) is 11.8. The summed E-state index contributed by atoms with van der Waals surface area (Å²) in [5.41, 5.74) is 2.74. The van der Waals surface area contributed by atoms with Crippen LogP contribution in [0.1, 0.15) is 23.2 Å². The molecule has 5 rings (SSSR count). The van der Waals surface area contributed by atoms with E-state index in [0.29, 0.717) is 59.9 Å². The highest BCUT2D eigenvalue weighted by Crippen LogP contribution is 2.31. The van der Waals surface area contributed by atoms with Crippen LogP contribution in [-0.2, 0) is 0 Å². The summed E-state index contributed by atoms with van der Waals surface area (Å²) >= 11 is 6.08.